The van der Waals surface area contributed by atoms with Crippen molar-refractivity contribution in [3.63, 3.8) is 0 Å². The zero-order chi connectivity index (χ0) is 19.6. The van der Waals surface area contributed by atoms with Crippen molar-refractivity contribution in [2.24, 2.45) is 0 Å². The summed E-state index contributed by atoms with van der Waals surface area (Å²) < 4.78 is 0. The van der Waals surface area contributed by atoms with Crippen molar-refractivity contribution in [1.29, 1.82) is 0 Å². The van der Waals surface area contributed by atoms with E-state index in [4.69, 9.17) is 23.2 Å². The Kier molecular flexibility index (Phi) is 5.74. The van der Waals surface area contributed by atoms with Gasteiger partial charge in [-0.3, -0.25) is 20.2 Å². The van der Waals surface area contributed by atoms with Crippen LogP contribution >= 0.6 is 34.5 Å². The lowest BCUT2D eigenvalue weighted by molar-refractivity contribution is -0.385. The van der Waals surface area contributed by atoms with Crippen LogP contribution in [0.3, 0.4) is 0 Å². The number of hydrogen-bond donors (Lipinski definition) is 1. The van der Waals surface area contributed by atoms with Gasteiger partial charge in [0.05, 0.1) is 4.92 Å². The second kappa shape index (κ2) is 8.04. The first-order valence-corrected chi connectivity index (χ1v) is 9.36. The average molecular weight is 422 g/mol. The summed E-state index contributed by atoms with van der Waals surface area (Å²) in [6.07, 6.45) is 2.23. The van der Waals surface area contributed by atoms with Crippen LogP contribution in [0.2, 0.25) is 10.0 Å². The molecular formula is C18H13Cl2N3O3S. The number of nitrogens with zero attached hydrogens (tertiary/aromatic N) is 2. The van der Waals surface area contributed by atoms with E-state index in [9.17, 15) is 14.9 Å². The summed E-state index contributed by atoms with van der Waals surface area (Å²) >= 11 is 13.4. The Morgan fingerprint density at radius 3 is 2.81 bits per heavy atom. The quantitative estimate of drug-likeness (QED) is 0.434. The SMILES string of the molecule is Cc1cccc(Cc2cnc(NC(=O)c3ccc(Cl)cc3[N+](=O)[O-])s2)c1Cl. The third kappa shape index (κ3) is 4.44. The van der Waals surface area contributed by atoms with Crippen LogP contribution in [-0.2, 0) is 6.42 Å². The molecule has 0 saturated heterocycles. The number of aryl methyl sites for hydroxylation is 1. The predicted octanol–water partition coefficient (Wildman–Crippen LogP) is 5.51. The molecule has 3 aromatic rings. The van der Waals surface area contributed by atoms with Crippen LogP contribution in [-0.4, -0.2) is 15.8 Å². The highest BCUT2D eigenvalue weighted by Crippen LogP contribution is 2.28. The highest BCUT2D eigenvalue weighted by atomic mass is 35.5. The highest BCUT2D eigenvalue weighted by molar-refractivity contribution is 7.15. The van der Waals surface area contributed by atoms with Gasteiger partial charge in [-0.1, -0.05) is 41.4 Å². The summed E-state index contributed by atoms with van der Waals surface area (Å²) in [5.74, 6) is -0.618. The molecular weight excluding hydrogens is 409 g/mol. The molecule has 1 heterocycles. The lowest BCUT2D eigenvalue weighted by Crippen LogP contribution is -2.13. The van der Waals surface area contributed by atoms with Gasteiger partial charge in [-0.15, -0.1) is 11.3 Å². The molecule has 1 aromatic heterocycles. The summed E-state index contributed by atoms with van der Waals surface area (Å²) in [5, 5.41) is 15.0. The Balaban J connectivity index is 1.77. The molecule has 0 aliphatic heterocycles. The molecule has 0 bridgehead atoms. The first kappa shape index (κ1) is 19.3. The number of rotatable bonds is 5. The molecule has 1 N–H and O–H groups in total. The number of anilines is 1. The van der Waals surface area contributed by atoms with Crippen LogP contribution < -0.4 is 5.32 Å². The van der Waals surface area contributed by atoms with Gasteiger partial charge in [-0.2, -0.15) is 0 Å². The van der Waals surface area contributed by atoms with Crippen LogP contribution in [0, 0.1) is 17.0 Å². The number of aromatic nitrogens is 1. The number of amides is 1. The van der Waals surface area contributed by atoms with Crippen molar-refractivity contribution in [3.05, 3.63) is 84.3 Å². The van der Waals surface area contributed by atoms with E-state index in [1.54, 1.807) is 6.20 Å². The van der Waals surface area contributed by atoms with Crippen molar-refractivity contribution >= 4 is 51.3 Å². The fourth-order valence-electron chi connectivity index (χ4n) is 2.49. The van der Waals surface area contributed by atoms with Crippen molar-refractivity contribution in [2.75, 3.05) is 5.32 Å². The van der Waals surface area contributed by atoms with Crippen LogP contribution in [0.25, 0.3) is 0 Å². The minimum Gasteiger partial charge on any atom is -0.298 e. The lowest BCUT2D eigenvalue weighted by atomic mass is 10.1. The van der Waals surface area contributed by atoms with Gasteiger partial charge in [-0.25, -0.2) is 4.98 Å². The van der Waals surface area contributed by atoms with E-state index in [0.29, 0.717) is 16.6 Å². The van der Waals surface area contributed by atoms with Crippen LogP contribution in [0.15, 0.2) is 42.6 Å². The minimum absolute atomic E-state index is 0.0807. The molecule has 0 aliphatic rings. The molecule has 0 spiro atoms. The molecule has 0 atom stereocenters. The number of nitro benzene ring substituents is 1. The Bertz CT molecular complexity index is 1040. The standard InChI is InChI=1S/C18H13Cl2N3O3S/c1-10-3-2-4-11(16(10)20)7-13-9-21-18(27-13)22-17(24)14-6-5-12(19)8-15(14)23(25)26/h2-6,8-9H,7H2,1H3,(H,21,22,24). The van der Waals surface area contributed by atoms with Crippen LogP contribution in [0.5, 0.6) is 0 Å². The van der Waals surface area contributed by atoms with E-state index in [0.717, 1.165) is 22.1 Å². The molecule has 138 valence electrons. The lowest BCUT2D eigenvalue weighted by Gasteiger charge is -2.05. The molecule has 6 nitrogen and oxygen atoms in total. The van der Waals surface area contributed by atoms with Gasteiger partial charge < -0.3 is 0 Å². The first-order chi connectivity index (χ1) is 12.8. The van der Waals surface area contributed by atoms with E-state index in [1.165, 1.54) is 23.5 Å². The molecule has 0 saturated carbocycles. The van der Waals surface area contributed by atoms with Crippen molar-refractivity contribution < 1.29 is 9.72 Å². The van der Waals surface area contributed by atoms with E-state index in [1.807, 2.05) is 25.1 Å². The minimum atomic E-state index is -0.645. The maximum Gasteiger partial charge on any atom is 0.283 e. The van der Waals surface area contributed by atoms with Crippen molar-refractivity contribution in [3.8, 4) is 0 Å². The fourth-order valence-corrected chi connectivity index (χ4v) is 3.68. The van der Waals surface area contributed by atoms with Crippen LogP contribution in [0.1, 0.15) is 26.4 Å². The fraction of sp³-hybridized carbons (Fsp3) is 0.111. The number of nitrogens with one attached hydrogen (secondary N) is 1. The van der Waals surface area contributed by atoms with Gasteiger partial charge in [0.25, 0.3) is 11.6 Å². The zero-order valence-corrected chi connectivity index (χ0v) is 16.4. The number of nitro groups is 1. The number of thiazole rings is 1. The topological polar surface area (TPSA) is 85.1 Å². The maximum atomic E-state index is 12.4. The summed E-state index contributed by atoms with van der Waals surface area (Å²) in [7, 11) is 0. The van der Waals surface area contributed by atoms with Gasteiger partial charge in [0.1, 0.15) is 5.56 Å². The normalized spacial score (nSPS) is 10.6. The molecule has 1 amide bonds. The second-order valence-electron chi connectivity index (χ2n) is 5.73. The van der Waals surface area contributed by atoms with Gasteiger partial charge in [-0.05, 0) is 30.2 Å². The molecule has 2 aromatic carbocycles. The molecule has 0 radical (unpaired) electrons. The first-order valence-electron chi connectivity index (χ1n) is 7.79. The van der Waals surface area contributed by atoms with E-state index in [2.05, 4.69) is 10.3 Å². The number of carbonyl (C=O) groups excluding carboxylic acids is 1. The summed E-state index contributed by atoms with van der Waals surface area (Å²) in [4.78, 5) is 28.0. The monoisotopic (exact) mass is 421 g/mol. The van der Waals surface area contributed by atoms with Crippen molar-refractivity contribution in [2.45, 2.75) is 13.3 Å². The number of carbonyl (C=O) groups is 1. The zero-order valence-electron chi connectivity index (χ0n) is 14.0. The molecule has 0 fully saturated rings. The smallest absolute Gasteiger partial charge is 0.283 e. The third-order valence-electron chi connectivity index (χ3n) is 3.81. The Labute approximate surface area is 168 Å². The Morgan fingerprint density at radius 2 is 2.07 bits per heavy atom. The van der Waals surface area contributed by atoms with Gasteiger partial charge in [0.15, 0.2) is 5.13 Å². The highest BCUT2D eigenvalue weighted by Gasteiger charge is 2.21. The Hall–Kier alpha value is -2.48. The molecule has 3 rings (SSSR count). The summed E-state index contributed by atoms with van der Waals surface area (Å²) in [6.45, 7) is 1.93. The number of benzene rings is 2. The number of halogens is 2. The van der Waals surface area contributed by atoms with E-state index < -0.39 is 10.8 Å². The molecule has 9 heteroatoms. The molecule has 0 unspecified atom stereocenters. The predicted molar refractivity (Wildman–Crippen MR) is 107 cm³/mol. The maximum absolute atomic E-state index is 12.4. The third-order valence-corrected chi connectivity index (χ3v) is 5.50. The van der Waals surface area contributed by atoms with Crippen LogP contribution in [0.4, 0.5) is 10.8 Å². The van der Waals surface area contributed by atoms with Gasteiger partial charge >= 0.3 is 0 Å². The molecule has 27 heavy (non-hydrogen) atoms. The molecule has 0 aliphatic carbocycles. The second-order valence-corrected chi connectivity index (χ2v) is 7.66. The van der Waals surface area contributed by atoms with Gasteiger partial charge in [0.2, 0.25) is 0 Å². The Morgan fingerprint density at radius 1 is 1.30 bits per heavy atom. The summed E-state index contributed by atoms with van der Waals surface area (Å²) in [5.41, 5.74) is 1.51. The van der Waals surface area contributed by atoms with E-state index >= 15 is 0 Å². The number of hydrogen-bond acceptors (Lipinski definition) is 5. The van der Waals surface area contributed by atoms with Crippen molar-refractivity contribution in [1.82, 2.24) is 4.98 Å². The van der Waals surface area contributed by atoms with Gasteiger partial charge in [0, 0.05) is 33.6 Å². The van der Waals surface area contributed by atoms with E-state index in [-0.39, 0.29) is 16.3 Å². The summed E-state index contributed by atoms with van der Waals surface area (Å²) in [6, 6.07) is 9.68. The average Bonchev–Trinajstić information content (AvgIpc) is 3.05. The largest absolute Gasteiger partial charge is 0.298 e.